The molecule has 1 aromatic heterocycles. The second-order valence-corrected chi connectivity index (χ2v) is 6.46. The van der Waals surface area contributed by atoms with E-state index in [0.29, 0.717) is 35.4 Å². The van der Waals surface area contributed by atoms with Crippen LogP contribution in [0.5, 0.6) is 0 Å². The Labute approximate surface area is 170 Å². The molecule has 1 aromatic carbocycles. The van der Waals surface area contributed by atoms with Crippen LogP contribution in [-0.2, 0) is 6.42 Å². The Morgan fingerprint density at radius 1 is 1.17 bits per heavy atom. The molecule has 3 rings (SSSR count). The normalized spacial score (nSPS) is 14.0. The number of carbonyl (C=O) groups excluding carboxylic acids is 2. The van der Waals surface area contributed by atoms with Gasteiger partial charge in [-0.15, -0.1) is 5.10 Å². The number of nitrogens with one attached hydrogen (secondary N) is 2. The minimum absolute atomic E-state index is 0.0119. The number of para-hydroxylation sites is 1. The summed E-state index contributed by atoms with van der Waals surface area (Å²) in [6.45, 7) is 1.68. The number of furan rings is 1. The molecular weight excluding hydrogens is 394 g/mol. The summed E-state index contributed by atoms with van der Waals surface area (Å²) in [5.74, 6) is -1.18. The Balaban J connectivity index is 1.79. The van der Waals surface area contributed by atoms with Crippen LogP contribution in [0.25, 0.3) is 0 Å². The van der Waals surface area contributed by atoms with E-state index in [4.69, 9.17) is 15.9 Å². The lowest BCUT2D eigenvalue weighted by Crippen LogP contribution is -2.41. The van der Waals surface area contributed by atoms with Gasteiger partial charge in [0.05, 0.1) is 10.6 Å². The van der Waals surface area contributed by atoms with Crippen molar-refractivity contribution in [1.29, 1.82) is 0 Å². The Bertz CT molecular complexity index is 1080. The van der Waals surface area contributed by atoms with E-state index in [-0.39, 0.29) is 23.0 Å². The third-order valence-corrected chi connectivity index (χ3v) is 4.45. The molecule has 0 unspecified atom stereocenters. The van der Waals surface area contributed by atoms with Gasteiger partial charge in [0.2, 0.25) is 5.96 Å². The lowest BCUT2D eigenvalue weighted by Gasteiger charge is -2.11. The molecule has 1 aliphatic carbocycles. The number of carbonyl (C=O) groups is 2. The average Bonchev–Trinajstić information content (AvgIpc) is 3.07. The fourth-order valence-corrected chi connectivity index (χ4v) is 3.17. The van der Waals surface area contributed by atoms with Crippen molar-refractivity contribution >= 4 is 29.2 Å². The molecular formula is C18H19N7O5. The van der Waals surface area contributed by atoms with Gasteiger partial charge in [-0.05, 0) is 25.8 Å². The summed E-state index contributed by atoms with van der Waals surface area (Å²) in [5, 5.41) is 18.7. The van der Waals surface area contributed by atoms with Crippen LogP contribution in [0.15, 0.2) is 38.9 Å². The van der Waals surface area contributed by atoms with Crippen LogP contribution in [-0.4, -0.2) is 28.4 Å². The van der Waals surface area contributed by atoms with Crippen LogP contribution < -0.4 is 22.3 Å². The van der Waals surface area contributed by atoms with Crippen molar-refractivity contribution in [2.24, 2.45) is 21.7 Å². The van der Waals surface area contributed by atoms with Gasteiger partial charge in [0.1, 0.15) is 11.3 Å². The maximum atomic E-state index is 12.5. The summed E-state index contributed by atoms with van der Waals surface area (Å²) < 4.78 is 5.67. The largest absolute Gasteiger partial charge is 0.455 e. The number of guanidine groups is 1. The van der Waals surface area contributed by atoms with E-state index < -0.39 is 16.7 Å². The predicted octanol–water partition coefficient (Wildman–Crippen LogP) is 0.885. The van der Waals surface area contributed by atoms with Crippen LogP contribution in [0, 0.1) is 17.0 Å². The molecule has 1 heterocycles. The third kappa shape index (κ3) is 4.11. The van der Waals surface area contributed by atoms with Crippen molar-refractivity contribution in [1.82, 2.24) is 10.9 Å². The summed E-state index contributed by atoms with van der Waals surface area (Å²) in [5.41, 5.74) is 16.2. The highest BCUT2D eigenvalue weighted by Crippen LogP contribution is 2.30. The molecule has 1 aliphatic rings. The number of amides is 2. The molecule has 12 heteroatoms. The minimum Gasteiger partial charge on any atom is -0.455 e. The van der Waals surface area contributed by atoms with Gasteiger partial charge in [-0.2, -0.15) is 5.10 Å². The number of hydrazine groups is 1. The SMILES string of the molecule is Cc1c(C(=O)NNC(=O)c2ccccc2[N+](=O)[O-])oc2c1/C(=N/N=C(N)N)CCC2. The Hall–Kier alpha value is -4.22. The number of rotatable bonds is 4. The topological polar surface area (TPSA) is 191 Å². The molecule has 0 spiro atoms. The number of hydrogen-bond acceptors (Lipinski definition) is 7. The first-order valence-corrected chi connectivity index (χ1v) is 8.91. The minimum atomic E-state index is -0.834. The van der Waals surface area contributed by atoms with Gasteiger partial charge in [0.25, 0.3) is 11.6 Å². The summed E-state index contributed by atoms with van der Waals surface area (Å²) in [6, 6.07) is 5.39. The number of hydrogen-bond donors (Lipinski definition) is 4. The summed E-state index contributed by atoms with van der Waals surface area (Å²) in [7, 11) is 0. The van der Waals surface area contributed by atoms with E-state index in [1.807, 2.05) is 0 Å². The van der Waals surface area contributed by atoms with Gasteiger partial charge in [0.15, 0.2) is 5.76 Å². The molecule has 0 fully saturated rings. The number of aryl methyl sites for hydroxylation is 1. The fraction of sp³-hybridized carbons (Fsp3) is 0.222. The Morgan fingerprint density at radius 2 is 1.87 bits per heavy atom. The van der Waals surface area contributed by atoms with Crippen LogP contribution >= 0.6 is 0 Å². The number of nitro benzene ring substituents is 1. The van der Waals surface area contributed by atoms with Crippen LogP contribution in [0.1, 0.15) is 50.6 Å². The zero-order valence-corrected chi connectivity index (χ0v) is 16.0. The zero-order chi connectivity index (χ0) is 21.8. The average molecular weight is 413 g/mol. The monoisotopic (exact) mass is 413 g/mol. The lowest BCUT2D eigenvalue weighted by atomic mass is 9.93. The zero-order valence-electron chi connectivity index (χ0n) is 16.0. The highest BCUT2D eigenvalue weighted by atomic mass is 16.6. The predicted molar refractivity (Wildman–Crippen MR) is 107 cm³/mol. The maximum absolute atomic E-state index is 12.5. The first kappa shape index (κ1) is 20.5. The molecule has 0 saturated heterocycles. The highest BCUT2D eigenvalue weighted by Gasteiger charge is 2.28. The first-order chi connectivity index (χ1) is 14.3. The van der Waals surface area contributed by atoms with E-state index >= 15 is 0 Å². The highest BCUT2D eigenvalue weighted by molar-refractivity contribution is 6.07. The second kappa shape index (κ2) is 8.43. The molecule has 2 aromatic rings. The molecule has 0 radical (unpaired) electrons. The van der Waals surface area contributed by atoms with E-state index in [0.717, 1.165) is 6.42 Å². The first-order valence-electron chi connectivity index (χ1n) is 8.91. The van der Waals surface area contributed by atoms with Crippen molar-refractivity contribution in [2.75, 3.05) is 0 Å². The van der Waals surface area contributed by atoms with Crippen LogP contribution in [0.3, 0.4) is 0 Å². The molecule has 2 amide bonds. The van der Waals surface area contributed by atoms with Crippen molar-refractivity contribution in [3.8, 4) is 0 Å². The van der Waals surface area contributed by atoms with Gasteiger partial charge in [-0.3, -0.25) is 30.6 Å². The third-order valence-electron chi connectivity index (χ3n) is 4.45. The Kier molecular flexibility index (Phi) is 5.76. The van der Waals surface area contributed by atoms with E-state index in [1.165, 1.54) is 24.3 Å². The van der Waals surface area contributed by atoms with Gasteiger partial charge in [-0.1, -0.05) is 12.1 Å². The quantitative estimate of drug-likeness (QED) is 0.247. The van der Waals surface area contributed by atoms with E-state index in [1.54, 1.807) is 6.92 Å². The molecule has 156 valence electrons. The smallest absolute Gasteiger partial charge is 0.305 e. The summed E-state index contributed by atoms with van der Waals surface area (Å²) >= 11 is 0. The molecule has 0 bridgehead atoms. The van der Waals surface area contributed by atoms with Crippen LogP contribution in [0.2, 0.25) is 0 Å². The van der Waals surface area contributed by atoms with Crippen molar-refractivity contribution in [3.05, 3.63) is 62.6 Å². The molecule has 30 heavy (non-hydrogen) atoms. The van der Waals surface area contributed by atoms with Gasteiger partial charge in [0, 0.05) is 23.6 Å². The van der Waals surface area contributed by atoms with Gasteiger partial charge >= 0.3 is 5.91 Å². The van der Waals surface area contributed by atoms with Gasteiger partial charge in [-0.25, -0.2) is 0 Å². The number of nitrogens with two attached hydrogens (primary N) is 2. The number of benzene rings is 1. The van der Waals surface area contributed by atoms with Crippen molar-refractivity contribution < 1.29 is 18.9 Å². The number of fused-ring (bicyclic) bond motifs is 1. The maximum Gasteiger partial charge on any atom is 0.305 e. The molecule has 0 atom stereocenters. The molecule has 0 aliphatic heterocycles. The van der Waals surface area contributed by atoms with E-state index in [9.17, 15) is 19.7 Å². The van der Waals surface area contributed by atoms with E-state index in [2.05, 4.69) is 21.1 Å². The molecule has 12 nitrogen and oxygen atoms in total. The molecule has 0 saturated carbocycles. The molecule has 6 N–H and O–H groups in total. The number of nitrogens with zero attached hydrogens (tertiary/aromatic N) is 3. The Morgan fingerprint density at radius 3 is 2.57 bits per heavy atom. The lowest BCUT2D eigenvalue weighted by molar-refractivity contribution is -0.385. The van der Waals surface area contributed by atoms with Gasteiger partial charge < -0.3 is 15.9 Å². The van der Waals surface area contributed by atoms with Crippen molar-refractivity contribution in [2.45, 2.75) is 26.2 Å². The second-order valence-electron chi connectivity index (χ2n) is 6.46. The van der Waals surface area contributed by atoms with Crippen molar-refractivity contribution in [3.63, 3.8) is 0 Å². The number of nitro groups is 1. The fourth-order valence-electron chi connectivity index (χ4n) is 3.17. The van der Waals surface area contributed by atoms with Crippen LogP contribution in [0.4, 0.5) is 5.69 Å². The summed E-state index contributed by atoms with van der Waals surface area (Å²) in [4.78, 5) is 35.2. The standard InChI is InChI=1S/C18H19N7O5/c1-9-14-11(21-24-18(19)20)6-4-8-13(14)30-15(9)17(27)23-22-16(26)10-5-2-3-7-12(10)25(28)29/h2-3,5,7H,4,6,8H2,1H3,(H,22,26)(H,23,27)(H4,19,20,24)/b21-11+. The summed E-state index contributed by atoms with van der Waals surface area (Å²) in [6.07, 6.45) is 1.96.